The largest absolute Gasteiger partial charge is 0.433 e. The number of halogens is 4. The van der Waals surface area contributed by atoms with Gasteiger partial charge in [0.1, 0.15) is 5.69 Å². The minimum Gasteiger partial charge on any atom is -0.325 e. The fourth-order valence-electron chi connectivity index (χ4n) is 3.12. The Morgan fingerprint density at radius 1 is 1.16 bits per heavy atom. The van der Waals surface area contributed by atoms with Gasteiger partial charge in [0.15, 0.2) is 15.7 Å². The van der Waals surface area contributed by atoms with Crippen molar-refractivity contribution >= 4 is 43.8 Å². The summed E-state index contributed by atoms with van der Waals surface area (Å²) in [5, 5.41) is 0.547. The van der Waals surface area contributed by atoms with Crippen LogP contribution in [0.15, 0.2) is 47.5 Å². The van der Waals surface area contributed by atoms with E-state index in [0.29, 0.717) is 20.3 Å². The summed E-state index contributed by atoms with van der Waals surface area (Å²) in [5.74, 6) is 0.133. The number of hydrogen-bond donors (Lipinski definition) is 0. The molecule has 0 unspecified atom stereocenters. The number of pyridine rings is 1. The molecule has 4 rings (SSSR count). The number of sulfone groups is 1. The number of hydrogen-bond acceptors (Lipinski definition) is 5. The molecular formula is C20H15ClF3N3O2S2. The molecule has 31 heavy (non-hydrogen) atoms. The number of imidazole rings is 1. The average Bonchev–Trinajstić information content (AvgIpc) is 3.30. The second-order valence-electron chi connectivity index (χ2n) is 6.76. The fourth-order valence-corrected chi connectivity index (χ4v) is 5.89. The van der Waals surface area contributed by atoms with Gasteiger partial charge in [-0.2, -0.15) is 13.2 Å². The summed E-state index contributed by atoms with van der Waals surface area (Å²) in [7, 11) is -2.01. The van der Waals surface area contributed by atoms with Crippen LogP contribution < -0.4 is 0 Å². The summed E-state index contributed by atoms with van der Waals surface area (Å²) < 4.78 is 66.3. The van der Waals surface area contributed by atoms with Gasteiger partial charge >= 0.3 is 6.18 Å². The predicted octanol–water partition coefficient (Wildman–Crippen LogP) is 5.83. The van der Waals surface area contributed by atoms with Crippen LogP contribution in [0.3, 0.4) is 0 Å². The molecule has 4 aromatic rings. The summed E-state index contributed by atoms with van der Waals surface area (Å²) in [6, 6.07) is 9.37. The van der Waals surface area contributed by atoms with Crippen molar-refractivity contribution in [1.82, 2.24) is 14.5 Å². The number of rotatable bonds is 4. The van der Waals surface area contributed by atoms with Crippen LogP contribution in [0.1, 0.15) is 12.6 Å². The first kappa shape index (κ1) is 21.8. The second kappa shape index (κ2) is 7.61. The van der Waals surface area contributed by atoms with Gasteiger partial charge in [-0.25, -0.2) is 18.4 Å². The summed E-state index contributed by atoms with van der Waals surface area (Å²) >= 11 is 7.15. The molecule has 0 atom stereocenters. The third-order valence-electron chi connectivity index (χ3n) is 4.80. The first-order valence-electron chi connectivity index (χ1n) is 9.04. The maximum atomic E-state index is 13.0. The number of alkyl halides is 3. The van der Waals surface area contributed by atoms with Crippen LogP contribution in [-0.4, -0.2) is 28.7 Å². The van der Waals surface area contributed by atoms with E-state index in [0.717, 1.165) is 17.8 Å². The molecule has 0 spiro atoms. The Morgan fingerprint density at radius 2 is 1.84 bits per heavy atom. The van der Waals surface area contributed by atoms with Crippen molar-refractivity contribution in [3.05, 3.63) is 53.3 Å². The molecule has 0 amide bonds. The zero-order chi connectivity index (χ0) is 22.6. The molecule has 5 nitrogen and oxygen atoms in total. The zero-order valence-electron chi connectivity index (χ0n) is 16.2. The SMILES string of the molecule is CCS(=O)(=O)c1cc(-c2ccc(Cl)cc2)sc1-c1nc2cc(C(F)(F)F)ncc2n1C. The zero-order valence-corrected chi connectivity index (χ0v) is 18.6. The molecule has 3 aromatic heterocycles. The molecule has 0 fully saturated rings. The van der Waals surface area contributed by atoms with Gasteiger partial charge < -0.3 is 4.57 Å². The highest BCUT2D eigenvalue weighted by Crippen LogP contribution is 2.41. The van der Waals surface area contributed by atoms with Gasteiger partial charge in [-0.1, -0.05) is 30.7 Å². The van der Waals surface area contributed by atoms with Crippen molar-refractivity contribution in [2.75, 3.05) is 5.75 Å². The van der Waals surface area contributed by atoms with Gasteiger partial charge in [-0.3, -0.25) is 0 Å². The van der Waals surface area contributed by atoms with E-state index in [1.807, 2.05) is 0 Å². The molecule has 0 aliphatic carbocycles. The summed E-state index contributed by atoms with van der Waals surface area (Å²) in [6.07, 6.45) is -3.51. The average molecular weight is 486 g/mol. The van der Waals surface area contributed by atoms with Gasteiger partial charge in [0.2, 0.25) is 0 Å². The van der Waals surface area contributed by atoms with Crippen LogP contribution in [0, 0.1) is 0 Å². The van der Waals surface area contributed by atoms with Crippen molar-refractivity contribution in [2.24, 2.45) is 7.05 Å². The lowest BCUT2D eigenvalue weighted by molar-refractivity contribution is -0.141. The number of aromatic nitrogens is 3. The Bertz CT molecular complexity index is 1390. The van der Waals surface area contributed by atoms with Crippen LogP contribution in [0.2, 0.25) is 5.02 Å². The third kappa shape index (κ3) is 3.95. The van der Waals surface area contributed by atoms with E-state index in [1.54, 1.807) is 41.9 Å². The van der Waals surface area contributed by atoms with E-state index in [-0.39, 0.29) is 22.0 Å². The maximum Gasteiger partial charge on any atom is 0.433 e. The minimum atomic E-state index is -4.60. The number of aryl methyl sites for hydroxylation is 1. The van der Waals surface area contributed by atoms with E-state index in [1.165, 1.54) is 18.3 Å². The van der Waals surface area contributed by atoms with E-state index in [4.69, 9.17) is 11.6 Å². The number of nitrogens with zero attached hydrogens (tertiary/aromatic N) is 3. The molecule has 0 bridgehead atoms. The van der Waals surface area contributed by atoms with Crippen LogP contribution in [-0.2, 0) is 23.1 Å². The minimum absolute atomic E-state index is 0.0844. The Morgan fingerprint density at radius 3 is 2.45 bits per heavy atom. The smallest absolute Gasteiger partial charge is 0.325 e. The number of benzene rings is 1. The summed E-state index contributed by atoms with van der Waals surface area (Å²) in [5.41, 5.74) is 0.164. The summed E-state index contributed by atoms with van der Waals surface area (Å²) in [4.78, 5) is 8.95. The molecule has 11 heteroatoms. The van der Waals surface area contributed by atoms with Gasteiger partial charge in [0, 0.05) is 16.9 Å². The van der Waals surface area contributed by atoms with Crippen molar-refractivity contribution in [3.8, 4) is 21.1 Å². The monoisotopic (exact) mass is 485 g/mol. The van der Waals surface area contributed by atoms with E-state index < -0.39 is 21.7 Å². The van der Waals surface area contributed by atoms with E-state index in [2.05, 4.69) is 9.97 Å². The molecule has 0 saturated carbocycles. The molecule has 0 aliphatic rings. The molecule has 3 heterocycles. The second-order valence-corrected chi connectivity index (χ2v) is 10.5. The number of fused-ring (bicyclic) bond motifs is 1. The lowest BCUT2D eigenvalue weighted by atomic mass is 10.2. The van der Waals surface area contributed by atoms with Crippen molar-refractivity contribution < 1.29 is 21.6 Å². The highest BCUT2D eigenvalue weighted by atomic mass is 35.5. The van der Waals surface area contributed by atoms with Gasteiger partial charge in [0.25, 0.3) is 0 Å². The molecule has 0 radical (unpaired) electrons. The van der Waals surface area contributed by atoms with Crippen molar-refractivity contribution in [3.63, 3.8) is 0 Å². The molecular weight excluding hydrogens is 471 g/mol. The topological polar surface area (TPSA) is 64.8 Å². The van der Waals surface area contributed by atoms with Crippen LogP contribution in [0.25, 0.3) is 32.2 Å². The van der Waals surface area contributed by atoms with Crippen LogP contribution in [0.4, 0.5) is 13.2 Å². The molecule has 1 aromatic carbocycles. The predicted molar refractivity (Wildman–Crippen MR) is 115 cm³/mol. The molecule has 0 saturated heterocycles. The standard InChI is InChI=1S/C20H15ClF3N3O2S2/c1-3-31(28,29)16-9-15(11-4-6-12(21)7-5-11)30-18(16)19-26-13-8-17(20(22,23)24)25-10-14(13)27(19)2/h4-10H,3H2,1-2H3. The Hall–Kier alpha value is -2.43. The van der Waals surface area contributed by atoms with E-state index in [9.17, 15) is 21.6 Å². The van der Waals surface area contributed by atoms with Gasteiger partial charge in [-0.05, 0) is 29.8 Å². The van der Waals surface area contributed by atoms with E-state index >= 15 is 0 Å². The van der Waals surface area contributed by atoms with Gasteiger partial charge in [0.05, 0.1) is 32.8 Å². The normalized spacial score (nSPS) is 12.6. The van der Waals surface area contributed by atoms with Crippen molar-refractivity contribution in [2.45, 2.75) is 18.0 Å². The Balaban J connectivity index is 1.95. The summed E-state index contributed by atoms with van der Waals surface area (Å²) in [6.45, 7) is 1.53. The van der Waals surface area contributed by atoms with Crippen LogP contribution >= 0.6 is 22.9 Å². The highest BCUT2D eigenvalue weighted by molar-refractivity contribution is 7.91. The highest BCUT2D eigenvalue weighted by Gasteiger charge is 2.33. The number of thiophene rings is 1. The molecule has 0 aliphatic heterocycles. The molecule has 0 N–H and O–H groups in total. The fraction of sp³-hybridized carbons (Fsp3) is 0.200. The Labute approximate surface area is 185 Å². The quantitative estimate of drug-likeness (QED) is 0.365. The first-order chi connectivity index (χ1) is 14.5. The van der Waals surface area contributed by atoms with Crippen LogP contribution in [0.5, 0.6) is 0 Å². The maximum absolute atomic E-state index is 13.0. The van der Waals surface area contributed by atoms with Gasteiger partial charge in [-0.15, -0.1) is 11.3 Å². The Kier molecular flexibility index (Phi) is 5.35. The lowest BCUT2D eigenvalue weighted by Gasteiger charge is -2.05. The lowest BCUT2D eigenvalue weighted by Crippen LogP contribution is -2.07. The molecule has 162 valence electrons. The first-order valence-corrected chi connectivity index (χ1v) is 11.9. The van der Waals surface area contributed by atoms with Crippen molar-refractivity contribution in [1.29, 1.82) is 0 Å². The third-order valence-corrected chi connectivity index (χ3v) is 8.12.